The van der Waals surface area contributed by atoms with Gasteiger partial charge < -0.3 is 9.40 Å². The van der Waals surface area contributed by atoms with Gasteiger partial charge in [-0.3, -0.25) is 4.79 Å². The number of aromatic nitrogens is 2. The predicted octanol–water partition coefficient (Wildman–Crippen LogP) is 4.36. The third-order valence-electron chi connectivity index (χ3n) is 4.65. The Morgan fingerprint density at radius 2 is 1.83 bits per heavy atom. The summed E-state index contributed by atoms with van der Waals surface area (Å²) in [5.74, 6) is -0.487. The first-order valence-electron chi connectivity index (χ1n) is 9.25. The van der Waals surface area contributed by atoms with E-state index in [1.165, 1.54) is 18.2 Å². The third kappa shape index (κ3) is 3.33. The molecule has 30 heavy (non-hydrogen) atoms. The summed E-state index contributed by atoms with van der Waals surface area (Å²) in [7, 11) is 0. The van der Waals surface area contributed by atoms with Gasteiger partial charge in [-0.2, -0.15) is 0 Å². The number of nitrogens with one attached hydrogen (secondary N) is 2. The SMILES string of the molecule is O=C(N/N=c1/oc2ccccc2cc1-c1nc2ccccc2[nH]1)c1cccc(F)c1. The van der Waals surface area contributed by atoms with Crippen LogP contribution in [0.4, 0.5) is 4.39 Å². The van der Waals surface area contributed by atoms with Crippen LogP contribution in [0.1, 0.15) is 10.4 Å². The zero-order valence-electron chi connectivity index (χ0n) is 15.6. The minimum Gasteiger partial charge on any atom is -0.436 e. The number of nitrogens with zero attached hydrogens (tertiary/aromatic N) is 2. The number of halogens is 1. The highest BCUT2D eigenvalue weighted by Gasteiger charge is 2.12. The van der Waals surface area contributed by atoms with Gasteiger partial charge in [-0.05, 0) is 42.5 Å². The third-order valence-corrected chi connectivity index (χ3v) is 4.65. The minimum absolute atomic E-state index is 0.157. The Labute approximate surface area is 169 Å². The average molecular weight is 398 g/mol. The molecule has 7 heteroatoms. The van der Waals surface area contributed by atoms with E-state index in [2.05, 4.69) is 20.5 Å². The molecule has 1 amide bonds. The summed E-state index contributed by atoms with van der Waals surface area (Å²) >= 11 is 0. The number of imidazole rings is 1. The largest absolute Gasteiger partial charge is 0.436 e. The molecular formula is C23H15FN4O2. The summed E-state index contributed by atoms with van der Waals surface area (Å²) < 4.78 is 19.3. The highest BCUT2D eigenvalue weighted by Crippen LogP contribution is 2.21. The average Bonchev–Trinajstić information content (AvgIpc) is 3.21. The quantitative estimate of drug-likeness (QED) is 0.443. The Balaban J connectivity index is 1.63. The van der Waals surface area contributed by atoms with Crippen molar-refractivity contribution in [3.63, 3.8) is 0 Å². The molecule has 0 aliphatic carbocycles. The number of hydrogen-bond acceptors (Lipinski definition) is 4. The van der Waals surface area contributed by atoms with Crippen LogP contribution in [0.3, 0.4) is 0 Å². The van der Waals surface area contributed by atoms with Gasteiger partial charge in [0.2, 0.25) is 5.55 Å². The molecule has 0 unspecified atom stereocenters. The first kappa shape index (κ1) is 17.8. The van der Waals surface area contributed by atoms with Crippen molar-refractivity contribution in [2.75, 3.05) is 0 Å². The molecule has 0 spiro atoms. The second kappa shape index (κ2) is 7.29. The molecule has 0 radical (unpaired) electrons. The molecule has 2 N–H and O–H groups in total. The van der Waals surface area contributed by atoms with Crippen molar-refractivity contribution in [1.29, 1.82) is 0 Å². The summed E-state index contributed by atoms with van der Waals surface area (Å²) in [6, 6.07) is 22.4. The van der Waals surface area contributed by atoms with Crippen LogP contribution in [0.2, 0.25) is 0 Å². The number of carbonyl (C=O) groups is 1. The molecule has 0 bridgehead atoms. The van der Waals surface area contributed by atoms with E-state index in [4.69, 9.17) is 4.42 Å². The lowest BCUT2D eigenvalue weighted by molar-refractivity contribution is 0.0951. The first-order valence-corrected chi connectivity index (χ1v) is 9.25. The van der Waals surface area contributed by atoms with Gasteiger partial charge in [0, 0.05) is 10.9 Å². The second-order valence-corrected chi connectivity index (χ2v) is 6.67. The van der Waals surface area contributed by atoms with Crippen molar-refractivity contribution in [2.24, 2.45) is 5.10 Å². The number of benzene rings is 3. The zero-order chi connectivity index (χ0) is 20.5. The minimum atomic E-state index is -0.548. The van der Waals surface area contributed by atoms with Crippen LogP contribution in [0.25, 0.3) is 33.4 Å². The Kier molecular flexibility index (Phi) is 4.33. The second-order valence-electron chi connectivity index (χ2n) is 6.67. The Morgan fingerprint density at radius 1 is 1.00 bits per heavy atom. The number of H-pyrrole nitrogens is 1. The van der Waals surface area contributed by atoms with E-state index >= 15 is 0 Å². The molecule has 5 rings (SSSR count). The van der Waals surface area contributed by atoms with Gasteiger partial charge in [0.25, 0.3) is 5.91 Å². The van der Waals surface area contributed by atoms with E-state index < -0.39 is 11.7 Å². The van der Waals surface area contributed by atoms with E-state index in [1.807, 2.05) is 54.6 Å². The number of amides is 1. The van der Waals surface area contributed by atoms with Crippen LogP contribution in [-0.4, -0.2) is 15.9 Å². The van der Waals surface area contributed by atoms with Gasteiger partial charge in [0.15, 0.2) is 0 Å². The highest BCUT2D eigenvalue weighted by molar-refractivity contribution is 5.94. The number of hydrogen-bond donors (Lipinski definition) is 2. The number of fused-ring (bicyclic) bond motifs is 2. The maximum absolute atomic E-state index is 13.4. The Hall–Kier alpha value is -4.26. The summed E-state index contributed by atoms with van der Waals surface area (Å²) in [5, 5.41) is 5.02. The first-order chi connectivity index (χ1) is 14.7. The fraction of sp³-hybridized carbons (Fsp3) is 0. The summed E-state index contributed by atoms with van der Waals surface area (Å²) in [6.45, 7) is 0. The van der Waals surface area contributed by atoms with Crippen molar-refractivity contribution in [2.45, 2.75) is 0 Å². The van der Waals surface area contributed by atoms with Crippen molar-refractivity contribution >= 4 is 27.9 Å². The van der Waals surface area contributed by atoms with Crippen molar-refractivity contribution in [3.05, 3.63) is 95.8 Å². The van der Waals surface area contributed by atoms with Gasteiger partial charge in [0.1, 0.15) is 17.2 Å². The molecule has 2 heterocycles. The van der Waals surface area contributed by atoms with Crippen molar-refractivity contribution < 1.29 is 13.6 Å². The summed E-state index contributed by atoms with van der Waals surface area (Å²) in [5.41, 5.74) is 5.64. The van der Waals surface area contributed by atoms with Crippen LogP contribution in [-0.2, 0) is 0 Å². The lowest BCUT2D eigenvalue weighted by atomic mass is 10.2. The lowest BCUT2D eigenvalue weighted by Crippen LogP contribution is -2.22. The topological polar surface area (TPSA) is 83.3 Å². The fourth-order valence-electron chi connectivity index (χ4n) is 3.20. The number of aromatic amines is 1. The monoisotopic (exact) mass is 398 g/mol. The fourth-order valence-corrected chi connectivity index (χ4v) is 3.20. The van der Waals surface area contributed by atoms with E-state index in [0.29, 0.717) is 17.0 Å². The molecule has 2 aromatic heterocycles. The van der Waals surface area contributed by atoms with Gasteiger partial charge in [0.05, 0.1) is 16.6 Å². The van der Waals surface area contributed by atoms with Gasteiger partial charge >= 0.3 is 0 Å². The molecule has 146 valence electrons. The van der Waals surface area contributed by atoms with E-state index in [0.717, 1.165) is 22.5 Å². The molecule has 0 saturated carbocycles. The van der Waals surface area contributed by atoms with Crippen molar-refractivity contribution in [3.8, 4) is 11.4 Å². The maximum Gasteiger partial charge on any atom is 0.271 e. The number of carbonyl (C=O) groups excluding carboxylic acids is 1. The van der Waals surface area contributed by atoms with Crippen LogP contribution in [0.15, 0.2) is 88.4 Å². The van der Waals surface area contributed by atoms with E-state index in [-0.39, 0.29) is 11.1 Å². The Bertz CT molecular complexity index is 1440. The lowest BCUT2D eigenvalue weighted by Gasteiger charge is -2.03. The van der Waals surface area contributed by atoms with E-state index in [1.54, 1.807) is 0 Å². The van der Waals surface area contributed by atoms with Crippen LogP contribution in [0.5, 0.6) is 0 Å². The molecule has 5 aromatic rings. The molecule has 0 aliphatic heterocycles. The molecular weight excluding hydrogens is 383 g/mol. The Morgan fingerprint density at radius 3 is 2.70 bits per heavy atom. The molecule has 6 nitrogen and oxygen atoms in total. The predicted molar refractivity (Wildman–Crippen MR) is 111 cm³/mol. The normalized spacial score (nSPS) is 11.8. The number of rotatable bonds is 3. The van der Waals surface area contributed by atoms with Crippen molar-refractivity contribution in [1.82, 2.24) is 15.4 Å². The molecule has 0 saturated heterocycles. The van der Waals surface area contributed by atoms with Crippen LogP contribution >= 0.6 is 0 Å². The zero-order valence-corrected chi connectivity index (χ0v) is 15.6. The standard InChI is InChI=1S/C23H15FN4O2/c24-16-8-5-7-15(12-16)22(29)27-28-23-17(13-14-6-1-4-11-20(14)30-23)21-25-18-9-2-3-10-19(18)26-21/h1-13H,(H,25,26)(H,27,29)/b28-23+. The van der Waals surface area contributed by atoms with Crippen LogP contribution in [0, 0.1) is 5.82 Å². The molecule has 0 aliphatic rings. The van der Waals surface area contributed by atoms with Gasteiger partial charge in [-0.25, -0.2) is 14.8 Å². The molecule has 3 aromatic carbocycles. The smallest absolute Gasteiger partial charge is 0.271 e. The van der Waals surface area contributed by atoms with E-state index in [9.17, 15) is 9.18 Å². The van der Waals surface area contributed by atoms with Gasteiger partial charge in [-0.15, -0.1) is 5.10 Å². The van der Waals surface area contributed by atoms with Gasteiger partial charge in [-0.1, -0.05) is 36.4 Å². The maximum atomic E-state index is 13.4. The molecule has 0 fully saturated rings. The van der Waals surface area contributed by atoms with Crippen LogP contribution < -0.4 is 11.0 Å². The number of para-hydroxylation sites is 3. The summed E-state index contributed by atoms with van der Waals surface area (Å²) in [6.07, 6.45) is 0. The molecule has 0 atom stereocenters. The highest BCUT2D eigenvalue weighted by atomic mass is 19.1. The summed E-state index contributed by atoms with van der Waals surface area (Å²) in [4.78, 5) is 20.2.